The van der Waals surface area contributed by atoms with E-state index in [1.807, 2.05) is 24.3 Å². The van der Waals surface area contributed by atoms with E-state index in [4.69, 9.17) is 15.2 Å². The van der Waals surface area contributed by atoms with Gasteiger partial charge in [-0.15, -0.1) is 0 Å². The fourth-order valence-corrected chi connectivity index (χ4v) is 4.32. The summed E-state index contributed by atoms with van der Waals surface area (Å²) >= 11 is 3.42. The van der Waals surface area contributed by atoms with E-state index in [2.05, 4.69) is 33.1 Å². The third-order valence-electron chi connectivity index (χ3n) is 4.79. The zero-order valence-electron chi connectivity index (χ0n) is 11.4. The molecule has 22 heavy (non-hydrogen) atoms. The molecule has 2 heterocycles. The summed E-state index contributed by atoms with van der Waals surface area (Å²) in [5.41, 5.74) is 4.45. The zero-order valence-corrected chi connectivity index (χ0v) is 13.0. The molecule has 6 nitrogen and oxygen atoms in total. The van der Waals surface area contributed by atoms with E-state index < -0.39 is 22.7 Å². The normalized spacial score (nSPS) is 37.2. The average molecular weight is 359 g/mol. The summed E-state index contributed by atoms with van der Waals surface area (Å²) in [7, 11) is 0. The number of nitriles is 2. The lowest BCUT2D eigenvalue weighted by Crippen LogP contribution is -2.38. The molecule has 1 spiro atoms. The maximum Gasteiger partial charge on any atom is 0.293 e. The second kappa shape index (κ2) is 4.08. The first-order valence-electron chi connectivity index (χ1n) is 6.80. The molecule has 0 unspecified atom stereocenters. The first-order valence-corrected chi connectivity index (χ1v) is 7.59. The Morgan fingerprint density at radius 3 is 2.59 bits per heavy atom. The Morgan fingerprint density at radius 2 is 2.00 bits per heavy atom. The summed E-state index contributed by atoms with van der Waals surface area (Å²) in [6.07, 6.45) is 0. The van der Waals surface area contributed by atoms with E-state index >= 15 is 0 Å². The van der Waals surface area contributed by atoms with Crippen molar-refractivity contribution in [2.24, 2.45) is 21.6 Å². The molecule has 1 aromatic carbocycles. The van der Waals surface area contributed by atoms with Gasteiger partial charge in [-0.25, -0.2) is 4.99 Å². The second-order valence-corrected chi connectivity index (χ2v) is 6.52. The van der Waals surface area contributed by atoms with Crippen LogP contribution in [-0.4, -0.2) is 25.0 Å². The lowest BCUT2D eigenvalue weighted by atomic mass is 9.94. The van der Waals surface area contributed by atoms with Crippen molar-refractivity contribution in [3.05, 3.63) is 34.3 Å². The topological polar surface area (TPSA) is 104 Å². The van der Waals surface area contributed by atoms with Gasteiger partial charge in [-0.2, -0.15) is 10.5 Å². The Balaban J connectivity index is 1.94. The quantitative estimate of drug-likeness (QED) is 0.821. The summed E-state index contributed by atoms with van der Waals surface area (Å²) in [4.78, 5) is 4.23. The Kier molecular flexibility index (Phi) is 2.54. The van der Waals surface area contributed by atoms with Gasteiger partial charge >= 0.3 is 0 Å². The number of ether oxygens (including phenoxy) is 2. The van der Waals surface area contributed by atoms with Gasteiger partial charge in [0.2, 0.25) is 0 Å². The summed E-state index contributed by atoms with van der Waals surface area (Å²) in [6.45, 7) is 0.653. The van der Waals surface area contributed by atoms with Crippen molar-refractivity contribution in [2.75, 3.05) is 13.2 Å². The van der Waals surface area contributed by atoms with Gasteiger partial charge in [-0.1, -0.05) is 28.1 Å². The number of hydrogen-bond donors (Lipinski definition) is 1. The van der Waals surface area contributed by atoms with Crippen LogP contribution in [0.5, 0.6) is 0 Å². The van der Waals surface area contributed by atoms with Crippen molar-refractivity contribution in [1.29, 1.82) is 10.5 Å². The van der Waals surface area contributed by atoms with Crippen LogP contribution in [0.15, 0.2) is 33.7 Å². The maximum atomic E-state index is 9.91. The molecular weight excluding hydrogens is 348 g/mol. The highest BCUT2D eigenvalue weighted by Crippen LogP contribution is 2.82. The number of aliphatic imine (C=N–C) groups is 1. The molecule has 3 atom stereocenters. The van der Waals surface area contributed by atoms with E-state index in [0.717, 1.165) is 10.0 Å². The molecule has 0 bridgehead atoms. The minimum atomic E-state index is -1.46. The predicted octanol–water partition coefficient (Wildman–Crippen LogP) is 1.64. The van der Waals surface area contributed by atoms with E-state index in [0.29, 0.717) is 13.2 Å². The van der Waals surface area contributed by atoms with Crippen LogP contribution in [0.25, 0.3) is 0 Å². The molecule has 1 aromatic rings. The molecule has 0 radical (unpaired) electrons. The molecule has 2 N–H and O–H groups in total. The van der Waals surface area contributed by atoms with Crippen molar-refractivity contribution in [3.8, 4) is 12.1 Å². The third-order valence-corrected chi connectivity index (χ3v) is 5.28. The van der Waals surface area contributed by atoms with Crippen molar-refractivity contribution < 1.29 is 9.47 Å². The molecule has 1 aliphatic carbocycles. The van der Waals surface area contributed by atoms with Crippen LogP contribution in [0.1, 0.15) is 11.5 Å². The summed E-state index contributed by atoms with van der Waals surface area (Å²) in [5, 5.41) is 19.7. The van der Waals surface area contributed by atoms with E-state index in [9.17, 15) is 10.5 Å². The smallest absolute Gasteiger partial charge is 0.293 e. The van der Waals surface area contributed by atoms with Crippen LogP contribution in [0.3, 0.4) is 0 Å². The van der Waals surface area contributed by atoms with Gasteiger partial charge in [0.1, 0.15) is 11.3 Å². The molecule has 110 valence electrons. The Hall–Kier alpha value is -1.93. The SMILES string of the molecule is N#C[C@@]12[C@@H](c3cccc(Br)c3)[C@@]1(C#N)C(N)=NC21OCCO1. The van der Waals surface area contributed by atoms with Crippen molar-refractivity contribution >= 4 is 21.8 Å². The summed E-state index contributed by atoms with van der Waals surface area (Å²) in [5.74, 6) is -1.78. The molecule has 1 saturated carbocycles. The number of rotatable bonds is 1. The van der Waals surface area contributed by atoms with Gasteiger partial charge in [0.25, 0.3) is 5.91 Å². The highest BCUT2D eigenvalue weighted by Gasteiger charge is 2.94. The van der Waals surface area contributed by atoms with Crippen LogP contribution in [-0.2, 0) is 9.47 Å². The predicted molar refractivity (Wildman–Crippen MR) is 79.2 cm³/mol. The molecule has 0 aromatic heterocycles. The lowest BCUT2D eigenvalue weighted by molar-refractivity contribution is -0.184. The zero-order chi connectivity index (χ0) is 15.6. The Bertz CT molecular complexity index is 789. The third kappa shape index (κ3) is 1.21. The second-order valence-electron chi connectivity index (χ2n) is 5.60. The van der Waals surface area contributed by atoms with Crippen LogP contribution < -0.4 is 5.73 Å². The molecule has 2 aliphatic heterocycles. The fraction of sp³-hybridized carbons (Fsp3) is 0.400. The largest absolute Gasteiger partial charge is 0.386 e. The van der Waals surface area contributed by atoms with Gasteiger partial charge in [0.15, 0.2) is 5.41 Å². The molecule has 7 heteroatoms. The van der Waals surface area contributed by atoms with Gasteiger partial charge in [0.05, 0.1) is 25.4 Å². The molecule has 3 aliphatic rings. The lowest BCUT2D eigenvalue weighted by Gasteiger charge is -2.25. The van der Waals surface area contributed by atoms with E-state index in [1.165, 1.54) is 0 Å². The number of benzene rings is 1. The fourth-order valence-electron chi connectivity index (χ4n) is 3.90. The number of fused-ring (bicyclic) bond motifs is 2. The highest BCUT2D eigenvalue weighted by atomic mass is 79.9. The summed E-state index contributed by atoms with van der Waals surface area (Å²) in [6, 6.07) is 12.0. The number of amidine groups is 1. The minimum absolute atomic E-state index is 0.114. The number of nitrogens with two attached hydrogens (primary N) is 1. The monoisotopic (exact) mass is 358 g/mol. The molecular formula is C15H11BrN4O2. The number of hydrogen-bond acceptors (Lipinski definition) is 6. The maximum absolute atomic E-state index is 9.91. The standard InChI is InChI=1S/C15H11BrN4O2/c16-10-3-1-2-9(6-10)11-13(7-17)12(19)20-15(14(11,13)8-18)21-4-5-22-15/h1-3,6,11H,4-5H2,(H2,19,20)/t11-,13-,14+/m0/s1. The first-order chi connectivity index (χ1) is 10.6. The van der Waals surface area contributed by atoms with Crippen molar-refractivity contribution in [3.63, 3.8) is 0 Å². The van der Waals surface area contributed by atoms with E-state index in [1.54, 1.807) is 0 Å². The van der Waals surface area contributed by atoms with Gasteiger partial charge < -0.3 is 15.2 Å². The van der Waals surface area contributed by atoms with Gasteiger partial charge in [0, 0.05) is 10.4 Å². The number of halogens is 1. The van der Waals surface area contributed by atoms with Crippen LogP contribution in [0, 0.1) is 33.5 Å². The number of nitrogens with zero attached hydrogens (tertiary/aromatic N) is 3. The van der Waals surface area contributed by atoms with Crippen molar-refractivity contribution in [1.82, 2.24) is 0 Å². The average Bonchev–Trinajstić information content (AvgIpc) is 2.77. The molecule has 2 fully saturated rings. The van der Waals surface area contributed by atoms with Crippen LogP contribution >= 0.6 is 15.9 Å². The van der Waals surface area contributed by atoms with E-state index in [-0.39, 0.29) is 5.84 Å². The first kappa shape index (κ1) is 13.7. The van der Waals surface area contributed by atoms with Crippen LogP contribution in [0.4, 0.5) is 0 Å². The Labute approximate surface area is 135 Å². The molecule has 4 rings (SSSR count). The molecule has 1 saturated heterocycles. The van der Waals surface area contributed by atoms with Gasteiger partial charge in [-0.3, -0.25) is 0 Å². The van der Waals surface area contributed by atoms with Crippen molar-refractivity contribution in [2.45, 2.75) is 11.8 Å². The Morgan fingerprint density at radius 1 is 1.27 bits per heavy atom. The minimum Gasteiger partial charge on any atom is -0.386 e. The molecule has 0 amide bonds. The highest BCUT2D eigenvalue weighted by molar-refractivity contribution is 9.10. The summed E-state index contributed by atoms with van der Waals surface area (Å²) < 4.78 is 12.2. The van der Waals surface area contributed by atoms with Crippen LogP contribution in [0.2, 0.25) is 0 Å². The van der Waals surface area contributed by atoms with Gasteiger partial charge in [-0.05, 0) is 17.7 Å².